The van der Waals surface area contributed by atoms with Crippen molar-refractivity contribution < 1.29 is 14.3 Å². The number of thiophene rings is 1. The molecule has 29 heavy (non-hydrogen) atoms. The molecule has 0 fully saturated rings. The van der Waals surface area contributed by atoms with Gasteiger partial charge in [0.2, 0.25) is 0 Å². The number of rotatable bonds is 6. The van der Waals surface area contributed by atoms with Crippen LogP contribution in [0.4, 0.5) is 0 Å². The van der Waals surface area contributed by atoms with Crippen LogP contribution in [-0.4, -0.2) is 33.8 Å². The van der Waals surface area contributed by atoms with Crippen LogP contribution in [-0.2, 0) is 9.53 Å². The lowest BCUT2D eigenvalue weighted by molar-refractivity contribution is -0.125. The van der Waals surface area contributed by atoms with Crippen LogP contribution in [0.1, 0.15) is 36.1 Å². The van der Waals surface area contributed by atoms with E-state index in [0.717, 1.165) is 21.6 Å². The molecule has 0 saturated heterocycles. The van der Waals surface area contributed by atoms with Gasteiger partial charge in [-0.15, -0.1) is 11.3 Å². The average Bonchev–Trinajstić information content (AvgIpc) is 3.27. The van der Waals surface area contributed by atoms with E-state index in [1.165, 1.54) is 11.3 Å². The third kappa shape index (κ3) is 4.15. The Morgan fingerprint density at radius 3 is 2.66 bits per heavy atom. The van der Waals surface area contributed by atoms with Crippen molar-refractivity contribution in [2.45, 2.75) is 33.2 Å². The van der Waals surface area contributed by atoms with Crippen LogP contribution in [0, 0.1) is 24.2 Å². The second kappa shape index (κ2) is 8.05. The SMILES string of the molecule is Cc1nn(-c2ccccc2)c2sc(C(=O)OCC(=O)N[C@@](C)(C#N)C(C)C)cc12. The number of esters is 1. The number of nitrogens with zero attached hydrogens (tertiary/aromatic N) is 3. The minimum atomic E-state index is -1.02. The summed E-state index contributed by atoms with van der Waals surface area (Å²) < 4.78 is 6.96. The van der Waals surface area contributed by atoms with Gasteiger partial charge in [0, 0.05) is 5.39 Å². The number of carbonyl (C=O) groups excluding carboxylic acids is 2. The van der Waals surface area contributed by atoms with E-state index in [1.807, 2.05) is 51.1 Å². The molecule has 0 saturated carbocycles. The number of nitrogens with one attached hydrogen (secondary N) is 1. The van der Waals surface area contributed by atoms with Gasteiger partial charge in [-0.2, -0.15) is 10.4 Å². The molecule has 150 valence electrons. The van der Waals surface area contributed by atoms with Crippen LogP contribution in [0.2, 0.25) is 0 Å². The van der Waals surface area contributed by atoms with Gasteiger partial charge in [0.05, 0.1) is 17.5 Å². The fourth-order valence-corrected chi connectivity index (χ4v) is 3.80. The fourth-order valence-electron chi connectivity index (χ4n) is 2.72. The summed E-state index contributed by atoms with van der Waals surface area (Å²) in [4.78, 5) is 25.8. The summed E-state index contributed by atoms with van der Waals surface area (Å²) in [7, 11) is 0. The number of nitriles is 1. The van der Waals surface area contributed by atoms with Crippen molar-refractivity contribution in [1.82, 2.24) is 15.1 Å². The first kappa shape index (κ1) is 20.6. The Kier molecular flexibility index (Phi) is 5.71. The zero-order chi connectivity index (χ0) is 21.2. The van der Waals surface area contributed by atoms with E-state index in [4.69, 9.17) is 4.74 Å². The molecule has 1 atom stereocenters. The number of aromatic nitrogens is 2. The fraction of sp³-hybridized carbons (Fsp3) is 0.333. The number of carbonyl (C=O) groups is 2. The average molecular weight is 410 g/mol. The van der Waals surface area contributed by atoms with E-state index in [2.05, 4.69) is 16.5 Å². The lowest BCUT2D eigenvalue weighted by atomic mass is 9.90. The van der Waals surface area contributed by atoms with Gasteiger partial charge in [0.15, 0.2) is 6.61 Å². The molecule has 1 N–H and O–H groups in total. The quantitative estimate of drug-likeness (QED) is 0.626. The first-order chi connectivity index (χ1) is 13.7. The van der Waals surface area contributed by atoms with Crippen molar-refractivity contribution >= 4 is 33.4 Å². The van der Waals surface area contributed by atoms with Gasteiger partial charge in [0.1, 0.15) is 15.2 Å². The monoisotopic (exact) mass is 410 g/mol. The summed E-state index contributed by atoms with van der Waals surface area (Å²) in [6.45, 7) is 6.75. The molecule has 0 aliphatic rings. The van der Waals surface area contributed by atoms with Crippen LogP contribution in [0.25, 0.3) is 15.9 Å². The lowest BCUT2D eigenvalue weighted by Crippen LogP contribution is -2.50. The van der Waals surface area contributed by atoms with Gasteiger partial charge in [-0.3, -0.25) is 4.79 Å². The molecular formula is C21H22N4O3S. The van der Waals surface area contributed by atoms with E-state index in [9.17, 15) is 14.9 Å². The molecular weight excluding hydrogens is 388 g/mol. The van der Waals surface area contributed by atoms with Gasteiger partial charge in [-0.05, 0) is 38.0 Å². The summed E-state index contributed by atoms with van der Waals surface area (Å²) in [5.41, 5.74) is 0.687. The normalized spacial score (nSPS) is 13.1. The second-order valence-electron chi connectivity index (χ2n) is 7.26. The molecule has 0 radical (unpaired) electrons. The Hall–Kier alpha value is -3.18. The molecule has 1 amide bonds. The van der Waals surface area contributed by atoms with Crippen LogP contribution in [0.15, 0.2) is 36.4 Å². The van der Waals surface area contributed by atoms with Crippen molar-refractivity contribution in [3.63, 3.8) is 0 Å². The maximum atomic E-state index is 12.5. The highest BCUT2D eigenvalue weighted by Gasteiger charge is 2.30. The Labute approximate surface area is 172 Å². The molecule has 0 aliphatic carbocycles. The minimum Gasteiger partial charge on any atom is -0.451 e. The summed E-state index contributed by atoms with van der Waals surface area (Å²) in [6, 6.07) is 13.5. The van der Waals surface area contributed by atoms with E-state index >= 15 is 0 Å². The predicted molar refractivity (Wildman–Crippen MR) is 111 cm³/mol. The molecule has 8 heteroatoms. The number of benzene rings is 1. The minimum absolute atomic E-state index is 0.0846. The number of hydrogen-bond donors (Lipinski definition) is 1. The van der Waals surface area contributed by atoms with Gasteiger partial charge in [-0.1, -0.05) is 32.0 Å². The first-order valence-corrected chi connectivity index (χ1v) is 10.0. The van der Waals surface area contributed by atoms with Crippen LogP contribution in [0.5, 0.6) is 0 Å². The number of fused-ring (bicyclic) bond motifs is 1. The number of ether oxygens (including phenoxy) is 1. The Morgan fingerprint density at radius 2 is 2.03 bits per heavy atom. The zero-order valence-electron chi connectivity index (χ0n) is 16.7. The maximum absolute atomic E-state index is 12.5. The van der Waals surface area contributed by atoms with Crippen molar-refractivity contribution in [2.75, 3.05) is 6.61 Å². The highest BCUT2D eigenvalue weighted by atomic mass is 32.1. The first-order valence-electron chi connectivity index (χ1n) is 9.19. The highest BCUT2D eigenvalue weighted by Crippen LogP contribution is 2.30. The number of amides is 1. The highest BCUT2D eigenvalue weighted by molar-refractivity contribution is 7.20. The molecule has 7 nitrogen and oxygen atoms in total. The summed E-state index contributed by atoms with van der Waals surface area (Å²) in [5.74, 6) is -1.17. The van der Waals surface area contributed by atoms with Crippen molar-refractivity contribution in [1.29, 1.82) is 5.26 Å². The second-order valence-corrected chi connectivity index (χ2v) is 8.29. The molecule has 3 rings (SSSR count). The number of hydrogen-bond acceptors (Lipinski definition) is 6. The summed E-state index contributed by atoms with van der Waals surface area (Å²) in [6.07, 6.45) is 0. The van der Waals surface area contributed by atoms with E-state index in [1.54, 1.807) is 17.7 Å². The standard InChI is InChI=1S/C21H22N4O3S/c1-13(2)21(4,12-22)23-18(26)11-28-20(27)17-10-16-14(3)24-25(19(16)29-17)15-8-6-5-7-9-15/h5-10,13H,11H2,1-4H3,(H,23,26)/t21-/m0/s1. The third-order valence-corrected chi connectivity index (χ3v) is 5.96. The molecule has 0 aliphatic heterocycles. The van der Waals surface area contributed by atoms with Gasteiger partial charge in [0.25, 0.3) is 5.91 Å². The summed E-state index contributed by atoms with van der Waals surface area (Å²) in [5, 5.41) is 17.3. The lowest BCUT2D eigenvalue weighted by Gasteiger charge is -2.27. The van der Waals surface area contributed by atoms with E-state index < -0.39 is 24.0 Å². The predicted octanol–water partition coefficient (Wildman–Crippen LogP) is 3.61. The smallest absolute Gasteiger partial charge is 0.348 e. The van der Waals surface area contributed by atoms with Gasteiger partial charge in [-0.25, -0.2) is 9.48 Å². The van der Waals surface area contributed by atoms with Gasteiger partial charge >= 0.3 is 5.97 Å². The molecule has 2 aromatic heterocycles. The Morgan fingerprint density at radius 1 is 1.34 bits per heavy atom. The van der Waals surface area contributed by atoms with Crippen LogP contribution >= 0.6 is 11.3 Å². The Bertz CT molecular complexity index is 1090. The molecule has 2 heterocycles. The maximum Gasteiger partial charge on any atom is 0.348 e. The van der Waals surface area contributed by atoms with Crippen LogP contribution in [0.3, 0.4) is 0 Å². The molecule has 0 spiro atoms. The van der Waals surface area contributed by atoms with Gasteiger partial charge < -0.3 is 10.1 Å². The Balaban J connectivity index is 1.74. The zero-order valence-corrected chi connectivity index (χ0v) is 17.5. The molecule has 0 unspecified atom stereocenters. The van der Waals surface area contributed by atoms with Crippen molar-refractivity contribution in [2.24, 2.45) is 5.92 Å². The topological polar surface area (TPSA) is 97.0 Å². The number of para-hydroxylation sites is 1. The molecule has 3 aromatic rings. The van der Waals surface area contributed by atoms with E-state index in [0.29, 0.717) is 4.88 Å². The number of aryl methyl sites for hydroxylation is 1. The molecule has 1 aromatic carbocycles. The van der Waals surface area contributed by atoms with E-state index in [-0.39, 0.29) is 5.92 Å². The van der Waals surface area contributed by atoms with Crippen molar-refractivity contribution in [3.05, 3.63) is 47.0 Å². The molecule has 0 bridgehead atoms. The van der Waals surface area contributed by atoms with Crippen molar-refractivity contribution in [3.8, 4) is 11.8 Å². The van der Waals surface area contributed by atoms with Crippen LogP contribution < -0.4 is 5.32 Å². The largest absolute Gasteiger partial charge is 0.451 e. The summed E-state index contributed by atoms with van der Waals surface area (Å²) >= 11 is 1.26. The third-order valence-electron chi connectivity index (χ3n) is 4.87.